The molecule has 1 aromatic carbocycles. The van der Waals surface area contributed by atoms with E-state index in [1.165, 1.54) is 5.56 Å². The van der Waals surface area contributed by atoms with Crippen molar-refractivity contribution in [3.63, 3.8) is 0 Å². The van der Waals surface area contributed by atoms with Crippen molar-refractivity contribution in [3.8, 4) is 0 Å². The summed E-state index contributed by atoms with van der Waals surface area (Å²) in [5.41, 5.74) is 1.41. The van der Waals surface area contributed by atoms with Gasteiger partial charge in [0, 0.05) is 45.3 Å². The molecule has 3 nitrogen and oxygen atoms in total. The van der Waals surface area contributed by atoms with Gasteiger partial charge in [-0.25, -0.2) is 0 Å². The third kappa shape index (κ3) is 18.4. The van der Waals surface area contributed by atoms with Gasteiger partial charge in [0.25, 0.3) is 0 Å². The largest absolute Gasteiger partial charge is 0.394 e. The van der Waals surface area contributed by atoms with Crippen LogP contribution in [0.1, 0.15) is 61.5 Å². The summed E-state index contributed by atoms with van der Waals surface area (Å²) >= 11 is 0. The van der Waals surface area contributed by atoms with Gasteiger partial charge in [0.1, 0.15) is 0 Å². The van der Waals surface area contributed by atoms with E-state index in [9.17, 15) is 0 Å². The molecule has 0 amide bonds. The minimum Gasteiger partial charge on any atom is -0.394 e. The maximum absolute atomic E-state index is 8.99. The Balaban J connectivity index is -0.0000000801. The second kappa shape index (κ2) is 20.2. The molecule has 1 atom stereocenters. The quantitative estimate of drug-likeness (QED) is 0.765. The van der Waals surface area contributed by atoms with Crippen molar-refractivity contribution < 1.29 is 42.9 Å². The number of aliphatic hydroxyl groups excluding tert-OH is 2. The smallest absolute Gasteiger partial charge is 0.0897 e. The molecule has 1 radical (unpaired) electrons. The molecule has 0 aliphatic heterocycles. The van der Waals surface area contributed by atoms with Crippen molar-refractivity contribution in [3.05, 3.63) is 35.9 Å². The van der Waals surface area contributed by atoms with Gasteiger partial charge >= 0.3 is 0 Å². The number of likely N-dealkylation sites (N-methyl/N-ethyl adjacent to an activating group) is 1. The van der Waals surface area contributed by atoms with E-state index in [1.54, 1.807) is 0 Å². The molecule has 1 unspecified atom stereocenters. The first kappa shape index (κ1) is 34.5. The van der Waals surface area contributed by atoms with Gasteiger partial charge in [-0.05, 0) is 32.4 Å². The number of hydrogen-bond donors (Lipinski definition) is 2. The van der Waals surface area contributed by atoms with Crippen molar-refractivity contribution in [2.45, 2.75) is 68.0 Å². The molecule has 1 aromatic rings. The van der Waals surface area contributed by atoms with Gasteiger partial charge in [0.05, 0.1) is 12.7 Å². The van der Waals surface area contributed by atoms with Crippen LogP contribution in [-0.2, 0) is 32.7 Å². The zero-order valence-corrected chi connectivity index (χ0v) is 16.3. The average Bonchev–Trinajstić information content (AvgIpc) is 2.40. The SMILES string of the molecule is C.C.C.CC(C)N(C)CC(O)CO.CC(C)c1ccccc1.[Y]. The normalized spacial score (nSPS) is 10.3. The van der Waals surface area contributed by atoms with Crippen LogP contribution in [0.25, 0.3) is 0 Å². The second-order valence-electron chi connectivity index (χ2n) is 5.44. The molecule has 137 valence electrons. The van der Waals surface area contributed by atoms with Crippen LogP contribution in [-0.4, -0.2) is 47.5 Å². The zero-order chi connectivity index (χ0) is 14.8. The molecule has 23 heavy (non-hydrogen) atoms. The fourth-order valence-electron chi connectivity index (χ4n) is 1.44. The molecule has 0 saturated heterocycles. The van der Waals surface area contributed by atoms with E-state index in [2.05, 4.69) is 38.1 Å². The van der Waals surface area contributed by atoms with E-state index in [0.29, 0.717) is 18.5 Å². The van der Waals surface area contributed by atoms with Crippen molar-refractivity contribution in [1.82, 2.24) is 4.90 Å². The summed E-state index contributed by atoms with van der Waals surface area (Å²) in [5, 5.41) is 17.5. The maximum atomic E-state index is 8.99. The maximum Gasteiger partial charge on any atom is 0.0897 e. The van der Waals surface area contributed by atoms with Crippen molar-refractivity contribution in [2.24, 2.45) is 0 Å². The number of aliphatic hydroxyl groups is 2. The van der Waals surface area contributed by atoms with Crippen LogP contribution in [0.3, 0.4) is 0 Å². The van der Waals surface area contributed by atoms with Crippen LogP contribution in [0.2, 0.25) is 0 Å². The fourth-order valence-corrected chi connectivity index (χ4v) is 1.44. The van der Waals surface area contributed by atoms with Crippen LogP contribution in [0.15, 0.2) is 30.3 Å². The Bertz CT molecular complexity index is 318. The van der Waals surface area contributed by atoms with Gasteiger partial charge in [-0.3, -0.25) is 0 Å². The summed E-state index contributed by atoms with van der Waals surface area (Å²) in [4.78, 5) is 1.99. The second-order valence-corrected chi connectivity index (χ2v) is 5.44. The number of nitrogens with zero attached hydrogens (tertiary/aromatic N) is 1. The Morgan fingerprint density at radius 1 is 0.957 bits per heavy atom. The molecule has 4 heteroatoms. The molecule has 0 spiro atoms. The van der Waals surface area contributed by atoms with Gasteiger partial charge in [0.2, 0.25) is 0 Å². The molecule has 1 rings (SSSR count). The standard InChI is InChI=1S/C9H12.C7H17NO2.3CH4.Y/c1-8(2)9-6-4-3-5-7-9;1-6(2)8(3)4-7(10)5-9;;;;/h3-8H,1-2H3;6-7,9-10H,4-5H2,1-3H3;3*1H4;. The van der Waals surface area contributed by atoms with E-state index < -0.39 is 6.10 Å². The Kier molecular flexibility index (Phi) is 30.4. The molecular formula is C19H41NO2Y. The molecule has 0 fully saturated rings. The van der Waals surface area contributed by atoms with Crippen molar-refractivity contribution in [2.75, 3.05) is 20.2 Å². The van der Waals surface area contributed by atoms with Gasteiger partial charge < -0.3 is 15.1 Å². The first-order valence-corrected chi connectivity index (χ1v) is 6.92. The Morgan fingerprint density at radius 3 is 1.65 bits per heavy atom. The third-order valence-corrected chi connectivity index (χ3v) is 3.06. The Labute approximate surface area is 171 Å². The van der Waals surface area contributed by atoms with Gasteiger partial charge in [-0.2, -0.15) is 0 Å². The Hall–Kier alpha value is 0.204. The van der Waals surface area contributed by atoms with E-state index in [4.69, 9.17) is 10.2 Å². The van der Waals surface area contributed by atoms with Crippen molar-refractivity contribution in [1.29, 1.82) is 0 Å². The summed E-state index contributed by atoms with van der Waals surface area (Å²) in [7, 11) is 1.92. The van der Waals surface area contributed by atoms with Crippen LogP contribution in [0.4, 0.5) is 0 Å². The molecule has 0 aromatic heterocycles. The predicted molar refractivity (Wildman–Crippen MR) is 102 cm³/mol. The first-order valence-electron chi connectivity index (χ1n) is 6.92. The van der Waals surface area contributed by atoms with Gasteiger partial charge in [-0.1, -0.05) is 66.5 Å². The number of benzene rings is 1. The molecular weight excluding hydrogens is 363 g/mol. The molecule has 0 saturated carbocycles. The van der Waals surface area contributed by atoms with Crippen molar-refractivity contribution >= 4 is 0 Å². The van der Waals surface area contributed by atoms with E-state index >= 15 is 0 Å². The first-order chi connectivity index (χ1) is 8.88. The van der Waals surface area contributed by atoms with Crippen LogP contribution in [0, 0.1) is 0 Å². The van der Waals surface area contributed by atoms with Crippen LogP contribution >= 0.6 is 0 Å². The predicted octanol–water partition coefficient (Wildman–Crippen LogP) is 4.40. The summed E-state index contributed by atoms with van der Waals surface area (Å²) in [5.74, 6) is 0.659. The van der Waals surface area contributed by atoms with E-state index in [-0.39, 0.29) is 61.6 Å². The van der Waals surface area contributed by atoms with Gasteiger partial charge in [-0.15, -0.1) is 0 Å². The molecule has 0 bridgehead atoms. The average molecular weight is 404 g/mol. The van der Waals surface area contributed by atoms with Gasteiger partial charge in [0.15, 0.2) is 0 Å². The fraction of sp³-hybridized carbons (Fsp3) is 0.684. The Morgan fingerprint density at radius 2 is 1.39 bits per heavy atom. The summed E-state index contributed by atoms with van der Waals surface area (Å²) in [6, 6.07) is 10.9. The number of hydrogen-bond acceptors (Lipinski definition) is 3. The molecule has 0 aliphatic rings. The topological polar surface area (TPSA) is 43.7 Å². The minimum atomic E-state index is -0.604. The zero-order valence-electron chi connectivity index (χ0n) is 13.5. The molecule has 0 aliphatic carbocycles. The van der Waals surface area contributed by atoms with E-state index in [1.807, 2.05) is 31.9 Å². The van der Waals surface area contributed by atoms with E-state index in [0.717, 1.165) is 0 Å². The van der Waals surface area contributed by atoms with Crippen LogP contribution in [0.5, 0.6) is 0 Å². The molecule has 0 heterocycles. The summed E-state index contributed by atoms with van der Waals surface area (Å²) in [6.45, 7) is 8.88. The number of rotatable bonds is 5. The monoisotopic (exact) mass is 404 g/mol. The summed E-state index contributed by atoms with van der Waals surface area (Å²) in [6.07, 6.45) is -0.604. The molecule has 2 N–H and O–H groups in total. The summed E-state index contributed by atoms with van der Waals surface area (Å²) < 4.78 is 0. The minimum absolute atomic E-state index is 0. The third-order valence-electron chi connectivity index (χ3n) is 3.06. The van der Waals surface area contributed by atoms with Crippen LogP contribution < -0.4 is 0 Å².